The Kier molecular flexibility index (Phi) is 4.57. The van der Waals surface area contributed by atoms with Gasteiger partial charge in [-0.1, -0.05) is 5.16 Å². The van der Waals surface area contributed by atoms with Gasteiger partial charge in [-0.2, -0.15) is 4.98 Å². The summed E-state index contributed by atoms with van der Waals surface area (Å²) < 4.78 is 10.6. The van der Waals surface area contributed by atoms with E-state index in [0.29, 0.717) is 18.4 Å². The number of hydrogen-bond donors (Lipinski definition) is 1. The number of carbonyl (C=O) groups excluding carboxylic acids is 1. The van der Waals surface area contributed by atoms with Crippen molar-refractivity contribution >= 4 is 6.09 Å². The van der Waals surface area contributed by atoms with Gasteiger partial charge in [0.2, 0.25) is 5.89 Å². The van der Waals surface area contributed by atoms with Gasteiger partial charge in [0.15, 0.2) is 5.82 Å². The Labute approximate surface area is 136 Å². The summed E-state index contributed by atoms with van der Waals surface area (Å²) in [6, 6.07) is 0.172. The summed E-state index contributed by atoms with van der Waals surface area (Å²) >= 11 is 0. The minimum atomic E-state index is -0.456. The van der Waals surface area contributed by atoms with E-state index >= 15 is 0 Å². The summed E-state index contributed by atoms with van der Waals surface area (Å²) in [5, 5.41) is 6.99. The molecule has 0 unspecified atom stereocenters. The third-order valence-electron chi connectivity index (χ3n) is 4.09. The number of ether oxygens (including phenoxy) is 1. The zero-order chi connectivity index (χ0) is 16.4. The summed E-state index contributed by atoms with van der Waals surface area (Å²) in [6.07, 6.45) is 3.84. The Balaban J connectivity index is 1.40. The standard InChI is InChI=1S/C16H26N4O3/c1-16(2,3)22-15(21)17-12-6-8-20(9-7-12)10-13-18-14(19-23-13)11-4-5-11/h11-12H,4-10H2,1-3H3,(H,17,21). The van der Waals surface area contributed by atoms with Crippen LogP contribution in [0.15, 0.2) is 4.52 Å². The zero-order valence-electron chi connectivity index (χ0n) is 14.2. The molecule has 3 rings (SSSR count). The lowest BCUT2D eigenvalue weighted by Crippen LogP contribution is -2.45. The molecule has 7 nitrogen and oxygen atoms in total. The second-order valence-corrected chi connectivity index (χ2v) is 7.52. The van der Waals surface area contributed by atoms with Gasteiger partial charge in [-0.25, -0.2) is 4.79 Å². The number of rotatable bonds is 4. The fourth-order valence-electron chi connectivity index (χ4n) is 2.74. The predicted molar refractivity (Wildman–Crippen MR) is 83.9 cm³/mol. The zero-order valence-corrected chi connectivity index (χ0v) is 14.2. The molecule has 1 saturated carbocycles. The highest BCUT2D eigenvalue weighted by Crippen LogP contribution is 2.38. The first kappa shape index (κ1) is 16.2. The van der Waals surface area contributed by atoms with Gasteiger partial charge in [0, 0.05) is 25.0 Å². The van der Waals surface area contributed by atoms with Gasteiger partial charge in [0.25, 0.3) is 0 Å². The highest BCUT2D eigenvalue weighted by atomic mass is 16.6. The number of piperidine rings is 1. The van der Waals surface area contributed by atoms with Crippen LogP contribution in [0, 0.1) is 0 Å². The molecule has 0 atom stereocenters. The second-order valence-electron chi connectivity index (χ2n) is 7.52. The quantitative estimate of drug-likeness (QED) is 0.917. The highest BCUT2D eigenvalue weighted by molar-refractivity contribution is 5.68. The van der Waals surface area contributed by atoms with Crippen LogP contribution in [0.3, 0.4) is 0 Å². The number of carbonyl (C=O) groups is 1. The van der Waals surface area contributed by atoms with Gasteiger partial charge >= 0.3 is 6.09 Å². The first-order valence-corrected chi connectivity index (χ1v) is 8.43. The van der Waals surface area contributed by atoms with Crippen molar-refractivity contribution in [3.63, 3.8) is 0 Å². The molecule has 1 amide bonds. The third-order valence-corrected chi connectivity index (χ3v) is 4.09. The van der Waals surface area contributed by atoms with E-state index in [1.165, 1.54) is 12.8 Å². The molecule has 1 aliphatic carbocycles. The Morgan fingerprint density at radius 2 is 2.00 bits per heavy atom. The minimum absolute atomic E-state index is 0.172. The molecule has 0 radical (unpaired) electrons. The van der Waals surface area contributed by atoms with Crippen molar-refractivity contribution in [1.82, 2.24) is 20.4 Å². The average molecular weight is 322 g/mol. The van der Waals surface area contributed by atoms with Gasteiger partial charge in [-0.3, -0.25) is 4.90 Å². The SMILES string of the molecule is CC(C)(C)OC(=O)NC1CCN(Cc2nc(C3CC3)no2)CC1. The smallest absolute Gasteiger partial charge is 0.407 e. The number of aromatic nitrogens is 2. The van der Waals surface area contributed by atoms with Crippen LogP contribution in [0.4, 0.5) is 4.79 Å². The molecular weight excluding hydrogens is 296 g/mol. The third kappa shape index (κ3) is 4.92. The predicted octanol–water partition coefficient (Wildman–Crippen LogP) is 2.44. The average Bonchev–Trinajstić information content (AvgIpc) is 3.20. The van der Waals surface area contributed by atoms with Crippen molar-refractivity contribution in [2.24, 2.45) is 0 Å². The normalized spacial score (nSPS) is 20.5. The van der Waals surface area contributed by atoms with Crippen LogP contribution >= 0.6 is 0 Å². The number of hydrogen-bond acceptors (Lipinski definition) is 6. The minimum Gasteiger partial charge on any atom is -0.444 e. The number of amides is 1. The summed E-state index contributed by atoms with van der Waals surface area (Å²) in [5.74, 6) is 2.09. The van der Waals surface area contributed by atoms with E-state index in [1.54, 1.807) is 0 Å². The first-order valence-electron chi connectivity index (χ1n) is 8.43. The van der Waals surface area contributed by atoms with Gasteiger partial charge in [-0.05, 0) is 46.5 Å². The summed E-state index contributed by atoms with van der Waals surface area (Å²) in [7, 11) is 0. The Morgan fingerprint density at radius 3 is 2.61 bits per heavy atom. The van der Waals surface area contributed by atoms with Gasteiger partial charge in [0.1, 0.15) is 5.60 Å². The summed E-state index contributed by atoms with van der Waals surface area (Å²) in [6.45, 7) is 8.11. The maximum Gasteiger partial charge on any atom is 0.407 e. The summed E-state index contributed by atoms with van der Waals surface area (Å²) in [5.41, 5.74) is -0.456. The maximum atomic E-state index is 11.8. The van der Waals surface area contributed by atoms with E-state index in [-0.39, 0.29) is 12.1 Å². The Bertz CT molecular complexity index is 540. The fraction of sp³-hybridized carbons (Fsp3) is 0.812. The molecule has 1 N–H and O–H groups in total. The van der Waals surface area contributed by atoms with E-state index in [2.05, 4.69) is 20.4 Å². The highest BCUT2D eigenvalue weighted by Gasteiger charge is 2.29. The fourth-order valence-corrected chi connectivity index (χ4v) is 2.74. The molecule has 0 bridgehead atoms. The van der Waals surface area contributed by atoms with Gasteiger partial charge in [0.05, 0.1) is 6.54 Å². The molecular formula is C16H26N4O3. The monoisotopic (exact) mass is 322 g/mol. The van der Waals surface area contributed by atoms with E-state index in [1.807, 2.05) is 20.8 Å². The van der Waals surface area contributed by atoms with Crippen molar-refractivity contribution in [3.05, 3.63) is 11.7 Å². The molecule has 128 valence electrons. The van der Waals surface area contributed by atoms with Gasteiger partial charge < -0.3 is 14.6 Å². The van der Waals surface area contributed by atoms with Gasteiger partial charge in [-0.15, -0.1) is 0 Å². The van der Waals surface area contributed by atoms with Crippen LogP contribution in [0.25, 0.3) is 0 Å². The summed E-state index contributed by atoms with van der Waals surface area (Å²) in [4.78, 5) is 18.5. The van der Waals surface area contributed by atoms with Crippen LogP contribution in [-0.2, 0) is 11.3 Å². The van der Waals surface area contributed by atoms with E-state index in [4.69, 9.17) is 9.26 Å². The van der Waals surface area contributed by atoms with E-state index < -0.39 is 5.60 Å². The number of nitrogens with zero attached hydrogens (tertiary/aromatic N) is 3. The molecule has 1 aromatic heterocycles. The lowest BCUT2D eigenvalue weighted by molar-refractivity contribution is 0.0475. The van der Waals surface area contributed by atoms with Crippen molar-refractivity contribution < 1.29 is 14.1 Å². The largest absolute Gasteiger partial charge is 0.444 e. The van der Waals surface area contributed by atoms with Crippen molar-refractivity contribution in [2.75, 3.05) is 13.1 Å². The van der Waals surface area contributed by atoms with Crippen LogP contribution in [0.5, 0.6) is 0 Å². The molecule has 1 aliphatic heterocycles. The molecule has 23 heavy (non-hydrogen) atoms. The molecule has 7 heteroatoms. The number of nitrogens with one attached hydrogen (secondary N) is 1. The molecule has 0 aromatic carbocycles. The molecule has 1 saturated heterocycles. The van der Waals surface area contributed by atoms with Crippen molar-refractivity contribution in [1.29, 1.82) is 0 Å². The van der Waals surface area contributed by atoms with E-state index in [9.17, 15) is 4.79 Å². The lowest BCUT2D eigenvalue weighted by Gasteiger charge is -2.31. The molecule has 0 spiro atoms. The van der Waals surface area contributed by atoms with Crippen molar-refractivity contribution in [2.45, 2.75) is 70.6 Å². The van der Waals surface area contributed by atoms with E-state index in [0.717, 1.165) is 31.8 Å². The van der Waals surface area contributed by atoms with Crippen LogP contribution in [0.2, 0.25) is 0 Å². The molecule has 1 aromatic rings. The number of alkyl carbamates (subject to hydrolysis) is 1. The first-order chi connectivity index (χ1) is 10.9. The maximum absolute atomic E-state index is 11.8. The second kappa shape index (κ2) is 6.47. The topological polar surface area (TPSA) is 80.5 Å². The molecule has 2 heterocycles. The molecule has 2 aliphatic rings. The van der Waals surface area contributed by atoms with Crippen LogP contribution in [-0.4, -0.2) is 45.9 Å². The van der Waals surface area contributed by atoms with Crippen molar-refractivity contribution in [3.8, 4) is 0 Å². The lowest BCUT2D eigenvalue weighted by atomic mass is 10.1. The Morgan fingerprint density at radius 1 is 1.30 bits per heavy atom. The molecule has 2 fully saturated rings. The Hall–Kier alpha value is -1.63. The van der Waals surface area contributed by atoms with Crippen LogP contribution in [0.1, 0.15) is 64.1 Å². The number of likely N-dealkylation sites (tertiary alicyclic amines) is 1. The van der Waals surface area contributed by atoms with Crippen LogP contribution < -0.4 is 5.32 Å².